The van der Waals surface area contributed by atoms with Gasteiger partial charge >= 0.3 is 0 Å². The van der Waals surface area contributed by atoms with Crippen molar-refractivity contribution in [3.05, 3.63) is 58.1 Å². The van der Waals surface area contributed by atoms with Gasteiger partial charge in [0.15, 0.2) is 0 Å². The molecule has 90 valence electrons. The molecule has 0 aliphatic rings. The van der Waals surface area contributed by atoms with Crippen molar-refractivity contribution >= 4 is 34.1 Å². The van der Waals surface area contributed by atoms with Gasteiger partial charge in [-0.15, -0.1) is 0 Å². The molecule has 2 aromatic carbocycles. The van der Waals surface area contributed by atoms with Gasteiger partial charge in [0.05, 0.1) is 10.7 Å². The summed E-state index contributed by atoms with van der Waals surface area (Å²) in [5.41, 5.74) is 4.36. The predicted molar refractivity (Wildman–Crippen MR) is 78.5 cm³/mol. The lowest BCUT2D eigenvalue weighted by atomic mass is 10.1. The van der Waals surface area contributed by atoms with Crippen molar-refractivity contribution in [1.29, 1.82) is 0 Å². The Balaban J connectivity index is 2.28. The molecular weight excluding hydrogens is 265 g/mol. The topological polar surface area (TPSA) is 15.8 Å². The summed E-state index contributed by atoms with van der Waals surface area (Å²) < 4.78 is 0. The van der Waals surface area contributed by atoms with Crippen LogP contribution in [0.4, 0.5) is 0 Å². The quantitative estimate of drug-likeness (QED) is 0.608. The average Bonchev–Trinajstić information content (AvgIpc) is 2.68. The van der Waals surface area contributed by atoms with Crippen LogP contribution in [0.3, 0.4) is 0 Å². The summed E-state index contributed by atoms with van der Waals surface area (Å²) >= 11 is 12.2. The monoisotopic (exact) mass is 275 g/mol. The summed E-state index contributed by atoms with van der Waals surface area (Å²) in [6.07, 6.45) is 0. The first kappa shape index (κ1) is 11.6. The molecule has 1 N–H and O–H groups in total. The van der Waals surface area contributed by atoms with Crippen LogP contribution in [0.15, 0.2) is 42.5 Å². The van der Waals surface area contributed by atoms with Crippen LogP contribution in [0.25, 0.3) is 22.2 Å². The number of hydrogen-bond donors (Lipinski definition) is 1. The maximum Gasteiger partial charge on any atom is 0.0514 e. The molecule has 0 aliphatic heterocycles. The molecule has 0 amide bonds. The Morgan fingerprint density at radius 3 is 2.50 bits per heavy atom. The molecule has 0 fully saturated rings. The van der Waals surface area contributed by atoms with Crippen LogP contribution in [0.5, 0.6) is 0 Å². The molecule has 1 aromatic heterocycles. The number of benzene rings is 2. The number of aryl methyl sites for hydroxylation is 1. The van der Waals surface area contributed by atoms with E-state index in [4.69, 9.17) is 23.2 Å². The Morgan fingerprint density at radius 2 is 1.78 bits per heavy atom. The van der Waals surface area contributed by atoms with Gasteiger partial charge in [0.1, 0.15) is 0 Å². The lowest BCUT2D eigenvalue weighted by molar-refractivity contribution is 1.41. The maximum absolute atomic E-state index is 6.26. The second-order valence-electron chi connectivity index (χ2n) is 4.29. The lowest BCUT2D eigenvalue weighted by Crippen LogP contribution is -1.82. The Bertz CT molecular complexity index is 728. The van der Waals surface area contributed by atoms with Crippen molar-refractivity contribution in [2.24, 2.45) is 0 Å². The number of aromatic nitrogens is 1. The molecule has 0 aliphatic carbocycles. The van der Waals surface area contributed by atoms with Crippen LogP contribution < -0.4 is 0 Å². The lowest BCUT2D eigenvalue weighted by Gasteiger charge is -2.04. The van der Waals surface area contributed by atoms with Gasteiger partial charge < -0.3 is 4.98 Å². The van der Waals surface area contributed by atoms with Crippen molar-refractivity contribution in [2.75, 3.05) is 0 Å². The molecule has 0 atom stereocenters. The number of para-hydroxylation sites is 1. The van der Waals surface area contributed by atoms with Crippen LogP contribution in [0.1, 0.15) is 5.56 Å². The molecule has 0 bridgehead atoms. The summed E-state index contributed by atoms with van der Waals surface area (Å²) in [4.78, 5) is 3.41. The highest BCUT2D eigenvalue weighted by atomic mass is 35.5. The Labute approximate surface area is 115 Å². The summed E-state index contributed by atoms with van der Waals surface area (Å²) in [7, 11) is 0. The highest BCUT2D eigenvalue weighted by Gasteiger charge is 2.11. The molecule has 3 heteroatoms. The van der Waals surface area contributed by atoms with Crippen molar-refractivity contribution < 1.29 is 0 Å². The number of aromatic amines is 1. The molecule has 1 heterocycles. The zero-order chi connectivity index (χ0) is 12.7. The fourth-order valence-electron chi connectivity index (χ4n) is 2.24. The fraction of sp³-hybridized carbons (Fsp3) is 0.0667. The van der Waals surface area contributed by atoms with E-state index >= 15 is 0 Å². The van der Waals surface area contributed by atoms with Crippen LogP contribution >= 0.6 is 23.2 Å². The van der Waals surface area contributed by atoms with Crippen LogP contribution in [0.2, 0.25) is 10.0 Å². The zero-order valence-electron chi connectivity index (χ0n) is 9.80. The van der Waals surface area contributed by atoms with Crippen molar-refractivity contribution in [3.8, 4) is 11.3 Å². The van der Waals surface area contributed by atoms with Gasteiger partial charge in [0.25, 0.3) is 0 Å². The predicted octanol–water partition coefficient (Wildman–Crippen LogP) is 5.45. The van der Waals surface area contributed by atoms with E-state index in [0.29, 0.717) is 10.0 Å². The van der Waals surface area contributed by atoms with E-state index in [2.05, 4.69) is 24.0 Å². The maximum atomic E-state index is 6.26. The Hall–Kier alpha value is -1.44. The van der Waals surface area contributed by atoms with E-state index in [1.807, 2.05) is 24.3 Å². The largest absolute Gasteiger partial charge is 0.354 e. The minimum atomic E-state index is 0.650. The molecule has 0 saturated carbocycles. The van der Waals surface area contributed by atoms with Crippen molar-refractivity contribution in [2.45, 2.75) is 6.92 Å². The number of H-pyrrole nitrogens is 1. The van der Waals surface area contributed by atoms with Crippen LogP contribution in [0, 0.1) is 6.92 Å². The summed E-state index contributed by atoms with van der Waals surface area (Å²) in [6.45, 7) is 2.10. The SMILES string of the molecule is Cc1c(-c2ccc(Cl)cc2Cl)[nH]c2ccccc12. The normalized spacial score (nSPS) is 11.1. The van der Waals surface area contributed by atoms with Gasteiger partial charge in [-0.3, -0.25) is 0 Å². The Kier molecular flexibility index (Phi) is 2.81. The number of nitrogens with one attached hydrogen (secondary N) is 1. The van der Waals surface area contributed by atoms with E-state index in [9.17, 15) is 0 Å². The first-order chi connectivity index (χ1) is 8.66. The molecular formula is C15H11Cl2N. The minimum absolute atomic E-state index is 0.650. The number of halogens is 2. The second kappa shape index (κ2) is 4.34. The number of fused-ring (bicyclic) bond motifs is 1. The first-order valence-corrected chi connectivity index (χ1v) is 6.45. The van der Waals surface area contributed by atoms with Gasteiger partial charge in [-0.05, 0) is 36.8 Å². The third-order valence-corrected chi connectivity index (χ3v) is 3.71. The third-order valence-electron chi connectivity index (χ3n) is 3.17. The van der Waals surface area contributed by atoms with Gasteiger partial charge in [-0.25, -0.2) is 0 Å². The van der Waals surface area contributed by atoms with Gasteiger partial charge in [-0.1, -0.05) is 41.4 Å². The van der Waals surface area contributed by atoms with Crippen molar-refractivity contribution in [3.63, 3.8) is 0 Å². The highest BCUT2D eigenvalue weighted by molar-refractivity contribution is 6.36. The molecule has 0 unspecified atom stereocenters. The van der Waals surface area contributed by atoms with Gasteiger partial charge in [0, 0.05) is 21.5 Å². The second-order valence-corrected chi connectivity index (χ2v) is 5.14. The smallest absolute Gasteiger partial charge is 0.0514 e. The molecule has 18 heavy (non-hydrogen) atoms. The van der Waals surface area contributed by atoms with Gasteiger partial charge in [0.2, 0.25) is 0 Å². The third kappa shape index (κ3) is 1.80. The molecule has 0 saturated heterocycles. The van der Waals surface area contributed by atoms with E-state index in [0.717, 1.165) is 16.8 Å². The van der Waals surface area contributed by atoms with E-state index in [-0.39, 0.29) is 0 Å². The summed E-state index contributed by atoms with van der Waals surface area (Å²) in [6, 6.07) is 13.8. The van der Waals surface area contributed by atoms with Crippen LogP contribution in [-0.4, -0.2) is 4.98 Å². The molecule has 3 aromatic rings. The van der Waals surface area contributed by atoms with Crippen molar-refractivity contribution in [1.82, 2.24) is 4.98 Å². The highest BCUT2D eigenvalue weighted by Crippen LogP contribution is 2.34. The van der Waals surface area contributed by atoms with E-state index in [1.54, 1.807) is 6.07 Å². The molecule has 0 spiro atoms. The first-order valence-electron chi connectivity index (χ1n) is 5.69. The molecule has 1 nitrogen and oxygen atoms in total. The van der Waals surface area contributed by atoms with Gasteiger partial charge in [-0.2, -0.15) is 0 Å². The number of hydrogen-bond acceptors (Lipinski definition) is 0. The van der Waals surface area contributed by atoms with E-state index < -0.39 is 0 Å². The molecule has 3 rings (SSSR count). The Morgan fingerprint density at radius 1 is 1.00 bits per heavy atom. The van der Waals surface area contributed by atoms with E-state index in [1.165, 1.54) is 10.9 Å². The zero-order valence-corrected chi connectivity index (χ0v) is 11.3. The average molecular weight is 276 g/mol. The summed E-state index contributed by atoms with van der Waals surface area (Å²) in [5.74, 6) is 0. The number of rotatable bonds is 1. The fourth-order valence-corrected chi connectivity index (χ4v) is 2.75. The molecule has 0 radical (unpaired) electrons. The standard InChI is InChI=1S/C15H11Cl2N/c1-9-11-4-2-3-5-14(11)18-15(9)12-7-6-10(16)8-13(12)17/h2-8,18H,1H3. The van der Waals surface area contributed by atoms with Crippen LogP contribution in [-0.2, 0) is 0 Å². The summed E-state index contributed by atoms with van der Waals surface area (Å²) in [5, 5.41) is 2.54. The minimum Gasteiger partial charge on any atom is -0.354 e.